The van der Waals surface area contributed by atoms with Crippen LogP contribution < -0.4 is 14.4 Å². The molecule has 2 amide bonds. The van der Waals surface area contributed by atoms with Crippen LogP contribution in [-0.2, 0) is 26.2 Å². The van der Waals surface area contributed by atoms with Crippen LogP contribution in [0.2, 0.25) is 0 Å². The molecule has 0 radical (unpaired) electrons. The van der Waals surface area contributed by atoms with Crippen LogP contribution in [0.3, 0.4) is 0 Å². The Labute approximate surface area is 190 Å². The number of nitrogens with one attached hydrogen (secondary N) is 1. The summed E-state index contributed by atoms with van der Waals surface area (Å²) in [5, 5.41) is 2.58. The summed E-state index contributed by atoms with van der Waals surface area (Å²) in [6, 6.07) is 15.6. The molecule has 0 aliphatic rings. The fourth-order valence-corrected chi connectivity index (χ4v) is 4.36. The topological polar surface area (TPSA) is 96.0 Å². The minimum Gasteiger partial charge on any atom is -0.495 e. The lowest BCUT2D eigenvalue weighted by Crippen LogP contribution is -2.46. The largest absolute Gasteiger partial charge is 0.495 e. The van der Waals surface area contributed by atoms with Gasteiger partial charge in [0.1, 0.15) is 11.8 Å². The van der Waals surface area contributed by atoms with Gasteiger partial charge in [0.15, 0.2) is 0 Å². The van der Waals surface area contributed by atoms with E-state index in [2.05, 4.69) is 5.32 Å². The third-order valence-electron chi connectivity index (χ3n) is 5.12. The van der Waals surface area contributed by atoms with Gasteiger partial charge in [0.2, 0.25) is 21.8 Å². The van der Waals surface area contributed by atoms with Crippen molar-refractivity contribution in [2.75, 3.05) is 31.3 Å². The van der Waals surface area contributed by atoms with Crippen molar-refractivity contribution in [3.8, 4) is 5.75 Å². The highest BCUT2D eigenvalue weighted by atomic mass is 32.2. The number of methoxy groups -OCH3 is 1. The molecule has 0 saturated heterocycles. The maximum Gasteiger partial charge on any atom is 0.242 e. The second-order valence-corrected chi connectivity index (χ2v) is 9.31. The van der Waals surface area contributed by atoms with E-state index in [9.17, 15) is 18.0 Å². The van der Waals surface area contributed by atoms with Gasteiger partial charge in [-0.25, -0.2) is 8.42 Å². The summed E-state index contributed by atoms with van der Waals surface area (Å²) in [6.07, 6.45) is 1.50. The number of para-hydroxylation sites is 2. The Morgan fingerprint density at radius 3 is 2.28 bits per heavy atom. The number of anilines is 1. The first-order valence-electron chi connectivity index (χ1n) is 10.3. The van der Waals surface area contributed by atoms with Crippen LogP contribution in [0.5, 0.6) is 5.75 Å². The number of rotatable bonds is 11. The number of benzene rings is 2. The molecule has 1 N–H and O–H groups in total. The molecule has 0 aliphatic heterocycles. The lowest BCUT2D eigenvalue weighted by Gasteiger charge is -2.29. The Kier molecular flexibility index (Phi) is 9.07. The minimum absolute atomic E-state index is 0.0926. The average Bonchev–Trinajstić information content (AvgIpc) is 2.79. The summed E-state index contributed by atoms with van der Waals surface area (Å²) in [4.78, 5) is 26.8. The summed E-state index contributed by atoms with van der Waals surface area (Å²) in [7, 11) is -0.581. The lowest BCUT2D eigenvalue weighted by molar-refractivity contribution is -0.140. The highest BCUT2D eigenvalue weighted by Crippen LogP contribution is 2.29. The van der Waals surface area contributed by atoms with Gasteiger partial charge in [-0.3, -0.25) is 13.9 Å². The van der Waals surface area contributed by atoms with E-state index >= 15 is 0 Å². The molecule has 32 heavy (non-hydrogen) atoms. The highest BCUT2D eigenvalue weighted by molar-refractivity contribution is 7.92. The second kappa shape index (κ2) is 11.5. The molecule has 0 heterocycles. The van der Waals surface area contributed by atoms with Crippen LogP contribution in [0.4, 0.5) is 5.69 Å². The molecule has 0 aromatic heterocycles. The van der Waals surface area contributed by atoms with Gasteiger partial charge in [-0.05, 0) is 31.0 Å². The van der Waals surface area contributed by atoms with E-state index in [1.165, 1.54) is 23.4 Å². The molecule has 0 bridgehead atoms. The van der Waals surface area contributed by atoms with E-state index in [1.54, 1.807) is 31.2 Å². The summed E-state index contributed by atoms with van der Waals surface area (Å²) in [6.45, 7) is 2.08. The summed E-state index contributed by atoms with van der Waals surface area (Å²) in [5.74, 6) is -0.0531. The van der Waals surface area contributed by atoms with Gasteiger partial charge in [-0.2, -0.15) is 0 Å². The third-order valence-corrected chi connectivity index (χ3v) is 6.30. The first-order valence-corrected chi connectivity index (χ1v) is 12.2. The number of hydrogen-bond acceptors (Lipinski definition) is 5. The number of carbonyl (C=O) groups excluding carboxylic acids is 2. The SMILES string of the molecule is CNC(=O)[C@@H](C)N(Cc1ccccc1)C(=O)CCCN(c1ccccc1OC)S(C)(=O)=O. The number of amides is 2. The molecule has 1 atom stereocenters. The zero-order valence-electron chi connectivity index (χ0n) is 18.9. The van der Waals surface area contributed by atoms with Crippen molar-refractivity contribution in [3.63, 3.8) is 0 Å². The Morgan fingerprint density at radius 2 is 1.69 bits per heavy atom. The maximum atomic E-state index is 13.1. The van der Waals surface area contributed by atoms with Gasteiger partial charge in [0, 0.05) is 26.6 Å². The first-order chi connectivity index (χ1) is 15.2. The van der Waals surface area contributed by atoms with Crippen LogP contribution in [0, 0.1) is 0 Å². The molecule has 0 aliphatic carbocycles. The average molecular weight is 462 g/mol. The van der Waals surface area contributed by atoms with E-state index < -0.39 is 16.1 Å². The van der Waals surface area contributed by atoms with Crippen LogP contribution in [0.15, 0.2) is 54.6 Å². The molecule has 0 fully saturated rings. The monoisotopic (exact) mass is 461 g/mol. The quantitative estimate of drug-likeness (QED) is 0.554. The van der Waals surface area contributed by atoms with Gasteiger partial charge in [0.05, 0.1) is 19.1 Å². The van der Waals surface area contributed by atoms with Gasteiger partial charge in [-0.15, -0.1) is 0 Å². The van der Waals surface area contributed by atoms with Gasteiger partial charge in [0.25, 0.3) is 0 Å². The normalized spacial score (nSPS) is 12.0. The van der Waals surface area contributed by atoms with Crippen molar-refractivity contribution in [2.45, 2.75) is 32.4 Å². The number of sulfonamides is 1. The van der Waals surface area contributed by atoms with E-state index in [1.807, 2.05) is 30.3 Å². The number of hydrogen-bond donors (Lipinski definition) is 1. The Hall–Kier alpha value is -3.07. The minimum atomic E-state index is -3.59. The zero-order valence-corrected chi connectivity index (χ0v) is 19.8. The molecule has 0 saturated carbocycles. The molecule has 2 aromatic carbocycles. The van der Waals surface area contributed by atoms with Crippen molar-refractivity contribution in [1.29, 1.82) is 0 Å². The predicted molar refractivity (Wildman–Crippen MR) is 125 cm³/mol. The molecule has 9 heteroatoms. The van der Waals surface area contributed by atoms with E-state index in [0.717, 1.165) is 11.8 Å². The van der Waals surface area contributed by atoms with Crippen molar-refractivity contribution < 1.29 is 22.7 Å². The van der Waals surface area contributed by atoms with Gasteiger partial charge in [-0.1, -0.05) is 42.5 Å². The molecule has 0 spiro atoms. The fourth-order valence-electron chi connectivity index (χ4n) is 3.39. The van der Waals surface area contributed by atoms with Gasteiger partial charge < -0.3 is 15.0 Å². The van der Waals surface area contributed by atoms with Crippen LogP contribution in [0.1, 0.15) is 25.3 Å². The molecule has 174 valence electrons. The molecular weight excluding hydrogens is 430 g/mol. The molecule has 0 unspecified atom stereocenters. The van der Waals surface area contributed by atoms with E-state index in [4.69, 9.17) is 4.74 Å². The van der Waals surface area contributed by atoms with Gasteiger partial charge >= 0.3 is 0 Å². The van der Waals surface area contributed by atoms with E-state index in [0.29, 0.717) is 11.4 Å². The highest BCUT2D eigenvalue weighted by Gasteiger charge is 2.26. The van der Waals surface area contributed by atoms with Crippen molar-refractivity contribution >= 4 is 27.5 Å². The third kappa shape index (κ3) is 6.71. The van der Waals surface area contributed by atoms with E-state index in [-0.39, 0.29) is 37.7 Å². The summed E-state index contributed by atoms with van der Waals surface area (Å²) < 4.78 is 31.4. The van der Waals surface area contributed by atoms with Crippen LogP contribution >= 0.6 is 0 Å². The summed E-state index contributed by atoms with van der Waals surface area (Å²) in [5.41, 5.74) is 1.33. The number of ether oxygens (including phenoxy) is 1. The molecule has 2 aromatic rings. The first kappa shape index (κ1) is 25.2. The lowest BCUT2D eigenvalue weighted by atomic mass is 10.1. The van der Waals surface area contributed by atoms with Crippen molar-refractivity contribution in [2.24, 2.45) is 0 Å². The predicted octanol–water partition coefficient (Wildman–Crippen LogP) is 2.40. The number of nitrogens with zero attached hydrogens (tertiary/aromatic N) is 2. The molecular formula is C23H31N3O5S. The number of carbonyl (C=O) groups is 2. The molecule has 8 nitrogen and oxygen atoms in total. The Morgan fingerprint density at radius 1 is 1.06 bits per heavy atom. The second-order valence-electron chi connectivity index (χ2n) is 7.41. The van der Waals surface area contributed by atoms with Crippen LogP contribution in [0.25, 0.3) is 0 Å². The molecule has 2 rings (SSSR count). The number of likely N-dealkylation sites (N-methyl/N-ethyl adjacent to an activating group) is 1. The Bertz CT molecular complexity index is 1010. The summed E-state index contributed by atoms with van der Waals surface area (Å²) >= 11 is 0. The zero-order chi connectivity index (χ0) is 23.7. The van der Waals surface area contributed by atoms with Crippen molar-refractivity contribution in [3.05, 3.63) is 60.2 Å². The smallest absolute Gasteiger partial charge is 0.242 e. The van der Waals surface area contributed by atoms with Crippen molar-refractivity contribution in [1.82, 2.24) is 10.2 Å². The van der Waals surface area contributed by atoms with Crippen LogP contribution in [-0.4, -0.2) is 58.1 Å². The fraction of sp³-hybridized carbons (Fsp3) is 0.391. The standard InChI is InChI=1S/C23H31N3O5S/c1-18(23(28)24-2)25(17-19-11-6-5-7-12-19)22(27)15-10-16-26(32(4,29)30)20-13-8-9-14-21(20)31-3/h5-9,11-14,18H,10,15-17H2,1-4H3,(H,24,28)/t18-/m1/s1. The maximum absolute atomic E-state index is 13.1. The Balaban J connectivity index is 2.15.